The first kappa shape index (κ1) is 21.2. The number of amides is 1. The summed E-state index contributed by atoms with van der Waals surface area (Å²) in [6.45, 7) is 5.03. The largest absolute Gasteiger partial charge is 0.469 e. The topological polar surface area (TPSA) is 67.4 Å². The summed E-state index contributed by atoms with van der Waals surface area (Å²) in [4.78, 5) is 22.8. The fraction of sp³-hybridized carbons (Fsp3) is 0.875. The van der Waals surface area contributed by atoms with E-state index in [0.717, 1.165) is 32.4 Å². The highest BCUT2D eigenvalue weighted by Gasteiger charge is 2.21. The standard InChI is InChI=1S/C16H30N2O3.ClH/c1-13(14-7-6-9-17-12-14)11-15(19)18-10-5-3-4-8-16(20)21-2;/h13-14,17H,3-12H2,1-2H3,(H,18,19);1H. The van der Waals surface area contributed by atoms with Crippen molar-refractivity contribution in [2.75, 3.05) is 26.7 Å². The highest BCUT2D eigenvalue weighted by atomic mass is 35.5. The van der Waals surface area contributed by atoms with E-state index in [4.69, 9.17) is 0 Å². The van der Waals surface area contributed by atoms with Crippen LogP contribution in [0, 0.1) is 11.8 Å². The molecule has 0 aromatic rings. The Morgan fingerprint density at radius 3 is 2.73 bits per heavy atom. The molecule has 1 amide bonds. The van der Waals surface area contributed by atoms with Gasteiger partial charge in [-0.05, 0) is 50.6 Å². The summed E-state index contributed by atoms with van der Waals surface area (Å²) < 4.78 is 4.58. The van der Waals surface area contributed by atoms with Gasteiger partial charge < -0.3 is 15.4 Å². The van der Waals surface area contributed by atoms with Gasteiger partial charge in [-0.2, -0.15) is 0 Å². The molecule has 0 aliphatic carbocycles. The van der Waals surface area contributed by atoms with E-state index >= 15 is 0 Å². The van der Waals surface area contributed by atoms with Crippen molar-refractivity contribution in [1.82, 2.24) is 10.6 Å². The van der Waals surface area contributed by atoms with E-state index < -0.39 is 0 Å². The summed E-state index contributed by atoms with van der Waals surface area (Å²) in [7, 11) is 1.41. The van der Waals surface area contributed by atoms with Gasteiger partial charge in [-0.15, -0.1) is 12.4 Å². The summed E-state index contributed by atoms with van der Waals surface area (Å²) in [6, 6.07) is 0. The number of hydrogen-bond acceptors (Lipinski definition) is 4. The van der Waals surface area contributed by atoms with Gasteiger partial charge in [0.05, 0.1) is 7.11 Å². The molecule has 1 fully saturated rings. The molecule has 2 N–H and O–H groups in total. The maximum atomic E-state index is 11.9. The molecule has 1 saturated heterocycles. The molecule has 1 aliphatic rings. The minimum Gasteiger partial charge on any atom is -0.469 e. The molecule has 0 saturated carbocycles. The number of ether oxygens (including phenoxy) is 1. The number of unbranched alkanes of at least 4 members (excludes halogenated alkanes) is 2. The van der Waals surface area contributed by atoms with Crippen molar-refractivity contribution in [2.24, 2.45) is 11.8 Å². The van der Waals surface area contributed by atoms with E-state index in [9.17, 15) is 9.59 Å². The molecular formula is C16H31ClN2O3. The van der Waals surface area contributed by atoms with Gasteiger partial charge in [0.15, 0.2) is 0 Å². The van der Waals surface area contributed by atoms with Crippen LogP contribution in [0.25, 0.3) is 0 Å². The molecule has 0 aromatic heterocycles. The molecular weight excluding hydrogens is 304 g/mol. The Morgan fingerprint density at radius 1 is 1.32 bits per heavy atom. The zero-order valence-electron chi connectivity index (χ0n) is 13.9. The zero-order valence-corrected chi connectivity index (χ0v) is 14.7. The van der Waals surface area contributed by atoms with Crippen molar-refractivity contribution in [1.29, 1.82) is 0 Å². The first-order chi connectivity index (χ1) is 10.1. The van der Waals surface area contributed by atoms with Gasteiger partial charge in [-0.25, -0.2) is 0 Å². The first-order valence-corrected chi connectivity index (χ1v) is 8.17. The molecule has 5 nitrogen and oxygen atoms in total. The molecule has 1 heterocycles. The molecule has 2 atom stereocenters. The number of esters is 1. The van der Waals surface area contributed by atoms with Crippen LogP contribution in [0.3, 0.4) is 0 Å². The van der Waals surface area contributed by atoms with Crippen molar-refractivity contribution >= 4 is 24.3 Å². The van der Waals surface area contributed by atoms with E-state index in [-0.39, 0.29) is 24.3 Å². The maximum absolute atomic E-state index is 11.9. The monoisotopic (exact) mass is 334 g/mol. The van der Waals surface area contributed by atoms with E-state index in [2.05, 4.69) is 22.3 Å². The summed E-state index contributed by atoms with van der Waals surface area (Å²) >= 11 is 0. The second-order valence-electron chi connectivity index (χ2n) is 6.02. The molecule has 1 rings (SSSR count). The van der Waals surface area contributed by atoms with Gasteiger partial charge in [-0.1, -0.05) is 13.3 Å². The van der Waals surface area contributed by atoms with Crippen LogP contribution in [0.5, 0.6) is 0 Å². The van der Waals surface area contributed by atoms with Crippen LogP contribution in [-0.4, -0.2) is 38.6 Å². The van der Waals surface area contributed by atoms with Crippen LogP contribution in [-0.2, 0) is 14.3 Å². The molecule has 130 valence electrons. The summed E-state index contributed by atoms with van der Waals surface area (Å²) in [6.07, 6.45) is 6.22. The highest BCUT2D eigenvalue weighted by molar-refractivity contribution is 5.85. The summed E-state index contributed by atoms with van der Waals surface area (Å²) in [5.74, 6) is 1.07. The maximum Gasteiger partial charge on any atom is 0.305 e. The van der Waals surface area contributed by atoms with Gasteiger partial charge in [0, 0.05) is 19.4 Å². The molecule has 2 unspecified atom stereocenters. The van der Waals surface area contributed by atoms with E-state index in [0.29, 0.717) is 31.2 Å². The van der Waals surface area contributed by atoms with Crippen LogP contribution >= 0.6 is 12.4 Å². The number of piperidine rings is 1. The van der Waals surface area contributed by atoms with E-state index in [1.165, 1.54) is 20.0 Å². The predicted octanol–water partition coefficient (Wildman–Crippen LogP) is 2.28. The molecule has 0 aromatic carbocycles. The van der Waals surface area contributed by atoms with Crippen molar-refractivity contribution < 1.29 is 14.3 Å². The normalized spacial score (nSPS) is 18.9. The molecule has 1 aliphatic heterocycles. The third-order valence-electron chi connectivity index (χ3n) is 4.25. The van der Waals surface area contributed by atoms with Gasteiger partial charge in [0.2, 0.25) is 5.91 Å². The Morgan fingerprint density at radius 2 is 2.09 bits per heavy atom. The lowest BCUT2D eigenvalue weighted by atomic mass is 9.85. The average molecular weight is 335 g/mol. The number of carbonyl (C=O) groups excluding carboxylic acids is 2. The number of methoxy groups -OCH3 is 1. The fourth-order valence-corrected chi connectivity index (χ4v) is 2.80. The zero-order chi connectivity index (χ0) is 15.5. The summed E-state index contributed by atoms with van der Waals surface area (Å²) in [5, 5.41) is 6.38. The van der Waals surface area contributed by atoms with Crippen molar-refractivity contribution in [3.63, 3.8) is 0 Å². The third kappa shape index (κ3) is 9.26. The average Bonchev–Trinajstić information content (AvgIpc) is 2.51. The Bertz CT molecular complexity index is 321. The second kappa shape index (κ2) is 12.7. The number of carbonyl (C=O) groups is 2. The Hall–Kier alpha value is -0.810. The summed E-state index contributed by atoms with van der Waals surface area (Å²) in [5.41, 5.74) is 0. The lowest BCUT2D eigenvalue weighted by molar-refractivity contribution is -0.140. The van der Waals surface area contributed by atoms with Crippen LogP contribution in [0.1, 0.15) is 51.9 Å². The Labute approximate surface area is 140 Å². The van der Waals surface area contributed by atoms with Crippen molar-refractivity contribution in [3.05, 3.63) is 0 Å². The third-order valence-corrected chi connectivity index (χ3v) is 4.25. The molecule has 22 heavy (non-hydrogen) atoms. The highest BCUT2D eigenvalue weighted by Crippen LogP contribution is 2.22. The SMILES string of the molecule is COC(=O)CCCCCNC(=O)CC(C)C1CCCNC1.Cl. The number of nitrogens with one attached hydrogen (secondary N) is 2. The number of halogens is 1. The smallest absolute Gasteiger partial charge is 0.305 e. The van der Waals surface area contributed by atoms with Crippen LogP contribution < -0.4 is 10.6 Å². The lowest BCUT2D eigenvalue weighted by Gasteiger charge is -2.28. The molecule has 0 bridgehead atoms. The predicted molar refractivity (Wildman–Crippen MR) is 90.1 cm³/mol. The minimum absolute atomic E-state index is 0. The Balaban J connectivity index is 0.00000441. The van der Waals surface area contributed by atoms with Gasteiger partial charge in [0.25, 0.3) is 0 Å². The van der Waals surface area contributed by atoms with Crippen molar-refractivity contribution in [2.45, 2.75) is 51.9 Å². The number of rotatable bonds is 9. The molecule has 6 heteroatoms. The van der Waals surface area contributed by atoms with Crippen molar-refractivity contribution in [3.8, 4) is 0 Å². The van der Waals surface area contributed by atoms with E-state index in [1.807, 2.05) is 0 Å². The minimum atomic E-state index is -0.158. The second-order valence-corrected chi connectivity index (χ2v) is 6.02. The molecule has 0 radical (unpaired) electrons. The Kier molecular flexibility index (Phi) is 12.2. The fourth-order valence-electron chi connectivity index (χ4n) is 2.80. The quantitative estimate of drug-likeness (QED) is 0.501. The van der Waals surface area contributed by atoms with Crippen LogP contribution in [0.15, 0.2) is 0 Å². The van der Waals surface area contributed by atoms with Crippen LogP contribution in [0.4, 0.5) is 0 Å². The van der Waals surface area contributed by atoms with Crippen LogP contribution in [0.2, 0.25) is 0 Å². The van der Waals surface area contributed by atoms with E-state index in [1.54, 1.807) is 0 Å². The van der Waals surface area contributed by atoms with Gasteiger partial charge in [-0.3, -0.25) is 9.59 Å². The van der Waals surface area contributed by atoms with Gasteiger partial charge >= 0.3 is 5.97 Å². The first-order valence-electron chi connectivity index (χ1n) is 8.17. The van der Waals surface area contributed by atoms with Gasteiger partial charge in [0.1, 0.15) is 0 Å². The lowest BCUT2D eigenvalue weighted by Crippen LogP contribution is -2.35. The molecule has 0 spiro atoms. The number of hydrogen-bond donors (Lipinski definition) is 2.